The SMILES string of the molecule is CNC(CSc1ccc(Br)cc1)C1=COCCC1. The molecule has 1 unspecified atom stereocenters. The third-order valence-corrected chi connectivity index (χ3v) is 4.62. The van der Waals surface area contributed by atoms with Crippen LogP contribution in [0, 0.1) is 0 Å². The Morgan fingerprint density at radius 1 is 1.39 bits per heavy atom. The van der Waals surface area contributed by atoms with E-state index in [1.54, 1.807) is 0 Å². The van der Waals surface area contributed by atoms with E-state index in [2.05, 4.69) is 45.5 Å². The number of halogens is 1. The second kappa shape index (κ2) is 7.22. The third kappa shape index (κ3) is 4.04. The molecule has 0 fully saturated rings. The summed E-state index contributed by atoms with van der Waals surface area (Å²) in [6.07, 6.45) is 4.21. The Hall–Kier alpha value is -0.450. The standard InChI is InChI=1S/C14H18BrNOS/c1-16-14(11-3-2-8-17-9-11)10-18-13-6-4-12(15)5-7-13/h4-7,9,14,16H,2-3,8,10H2,1H3. The van der Waals surface area contributed by atoms with Crippen LogP contribution in [-0.2, 0) is 4.74 Å². The highest BCUT2D eigenvalue weighted by atomic mass is 79.9. The smallest absolute Gasteiger partial charge is 0.0876 e. The fraction of sp³-hybridized carbons (Fsp3) is 0.429. The lowest BCUT2D eigenvalue weighted by Gasteiger charge is -2.22. The van der Waals surface area contributed by atoms with Gasteiger partial charge in [-0.2, -0.15) is 0 Å². The van der Waals surface area contributed by atoms with Crippen LogP contribution in [0.3, 0.4) is 0 Å². The molecule has 1 heterocycles. The fourth-order valence-corrected chi connectivity index (χ4v) is 3.26. The summed E-state index contributed by atoms with van der Waals surface area (Å²) in [5.41, 5.74) is 1.38. The molecule has 18 heavy (non-hydrogen) atoms. The number of hydrogen-bond donors (Lipinski definition) is 1. The molecule has 2 nitrogen and oxygen atoms in total. The van der Waals surface area contributed by atoms with Crippen molar-refractivity contribution in [2.75, 3.05) is 19.4 Å². The summed E-state index contributed by atoms with van der Waals surface area (Å²) in [5.74, 6) is 1.04. The molecule has 0 bridgehead atoms. The van der Waals surface area contributed by atoms with Crippen LogP contribution in [0.5, 0.6) is 0 Å². The van der Waals surface area contributed by atoms with Crippen molar-refractivity contribution < 1.29 is 4.74 Å². The summed E-state index contributed by atoms with van der Waals surface area (Å²) < 4.78 is 6.54. The number of likely N-dealkylation sites (N-methyl/N-ethyl adjacent to an activating group) is 1. The van der Waals surface area contributed by atoms with Crippen molar-refractivity contribution in [3.8, 4) is 0 Å². The van der Waals surface area contributed by atoms with Crippen molar-refractivity contribution in [3.05, 3.63) is 40.6 Å². The highest BCUT2D eigenvalue weighted by Crippen LogP contribution is 2.24. The molecule has 1 N–H and O–H groups in total. The molecule has 1 aliphatic heterocycles. The Morgan fingerprint density at radius 2 is 2.17 bits per heavy atom. The zero-order valence-electron chi connectivity index (χ0n) is 10.5. The summed E-state index contributed by atoms with van der Waals surface area (Å²) in [6, 6.07) is 8.86. The largest absolute Gasteiger partial charge is 0.501 e. The van der Waals surface area contributed by atoms with Gasteiger partial charge in [-0.25, -0.2) is 0 Å². The van der Waals surface area contributed by atoms with E-state index < -0.39 is 0 Å². The van der Waals surface area contributed by atoms with E-state index in [9.17, 15) is 0 Å². The zero-order chi connectivity index (χ0) is 12.8. The Bertz CT molecular complexity index is 405. The Morgan fingerprint density at radius 3 is 2.78 bits per heavy atom. The second-order valence-corrected chi connectivity index (χ2v) is 6.28. The summed E-state index contributed by atoms with van der Waals surface area (Å²) in [6.45, 7) is 0.861. The first-order valence-corrected chi connectivity index (χ1v) is 7.93. The molecule has 1 atom stereocenters. The maximum Gasteiger partial charge on any atom is 0.0876 e. The van der Waals surface area contributed by atoms with Gasteiger partial charge >= 0.3 is 0 Å². The van der Waals surface area contributed by atoms with Crippen molar-refractivity contribution in [3.63, 3.8) is 0 Å². The van der Waals surface area contributed by atoms with Crippen LogP contribution in [0.1, 0.15) is 12.8 Å². The number of benzene rings is 1. The molecule has 1 aromatic carbocycles. The average molecular weight is 328 g/mol. The molecule has 0 saturated heterocycles. The van der Waals surface area contributed by atoms with E-state index in [1.165, 1.54) is 10.5 Å². The molecule has 98 valence electrons. The molecule has 0 saturated carbocycles. The lowest BCUT2D eigenvalue weighted by Crippen LogP contribution is -2.31. The van der Waals surface area contributed by atoms with Crippen molar-refractivity contribution in [1.29, 1.82) is 0 Å². The molecule has 1 aromatic rings. The number of nitrogens with one attached hydrogen (secondary N) is 1. The normalized spacial score (nSPS) is 16.9. The van der Waals surface area contributed by atoms with Crippen LogP contribution < -0.4 is 5.32 Å². The van der Waals surface area contributed by atoms with Gasteiger partial charge in [-0.1, -0.05) is 15.9 Å². The molecule has 0 aromatic heterocycles. The Balaban J connectivity index is 1.90. The van der Waals surface area contributed by atoms with E-state index in [0.717, 1.165) is 29.7 Å². The van der Waals surface area contributed by atoms with E-state index in [4.69, 9.17) is 4.74 Å². The molecular formula is C14H18BrNOS. The predicted octanol–water partition coefficient (Wildman–Crippen LogP) is 3.82. The van der Waals surface area contributed by atoms with Gasteiger partial charge in [0.2, 0.25) is 0 Å². The molecule has 0 spiro atoms. The van der Waals surface area contributed by atoms with E-state index in [0.29, 0.717) is 6.04 Å². The molecule has 1 aliphatic rings. The van der Waals surface area contributed by atoms with Crippen molar-refractivity contribution in [2.24, 2.45) is 0 Å². The van der Waals surface area contributed by atoms with Crippen molar-refractivity contribution >= 4 is 27.7 Å². The minimum Gasteiger partial charge on any atom is -0.501 e. The predicted molar refractivity (Wildman–Crippen MR) is 81.0 cm³/mol. The second-order valence-electron chi connectivity index (χ2n) is 4.27. The molecular weight excluding hydrogens is 310 g/mol. The number of hydrogen-bond acceptors (Lipinski definition) is 3. The van der Waals surface area contributed by atoms with Gasteiger partial charge in [0.05, 0.1) is 12.9 Å². The topological polar surface area (TPSA) is 21.3 Å². The monoisotopic (exact) mass is 327 g/mol. The van der Waals surface area contributed by atoms with E-state index in [1.807, 2.05) is 25.1 Å². The Labute approximate surface area is 121 Å². The van der Waals surface area contributed by atoms with Gasteiger partial charge in [-0.15, -0.1) is 11.8 Å². The molecule has 2 rings (SSSR count). The highest BCUT2D eigenvalue weighted by Gasteiger charge is 2.15. The first-order valence-electron chi connectivity index (χ1n) is 6.16. The van der Waals surface area contributed by atoms with E-state index >= 15 is 0 Å². The minimum absolute atomic E-state index is 0.402. The first kappa shape index (κ1) is 14.0. The minimum atomic E-state index is 0.402. The molecule has 0 radical (unpaired) electrons. The van der Waals surface area contributed by atoms with Gasteiger partial charge in [0, 0.05) is 21.2 Å². The van der Waals surface area contributed by atoms with Gasteiger partial charge in [-0.05, 0) is 49.7 Å². The average Bonchev–Trinajstić information content (AvgIpc) is 2.43. The first-order chi connectivity index (χ1) is 8.79. The Kier molecular flexibility index (Phi) is 5.60. The lowest BCUT2D eigenvalue weighted by molar-refractivity contribution is 0.221. The third-order valence-electron chi connectivity index (χ3n) is 2.99. The van der Waals surface area contributed by atoms with Gasteiger partial charge in [0.25, 0.3) is 0 Å². The number of thioether (sulfide) groups is 1. The lowest BCUT2D eigenvalue weighted by atomic mass is 10.0. The molecule has 0 amide bonds. The van der Waals surface area contributed by atoms with Crippen molar-refractivity contribution in [1.82, 2.24) is 5.32 Å². The maximum atomic E-state index is 5.42. The van der Waals surface area contributed by atoms with Gasteiger partial charge < -0.3 is 10.1 Å². The fourth-order valence-electron chi connectivity index (χ4n) is 1.93. The summed E-state index contributed by atoms with van der Waals surface area (Å²) in [5, 5.41) is 3.38. The van der Waals surface area contributed by atoms with Crippen LogP contribution in [0.25, 0.3) is 0 Å². The summed E-state index contributed by atoms with van der Waals surface area (Å²) in [7, 11) is 2.02. The number of rotatable bonds is 5. The maximum absolute atomic E-state index is 5.42. The number of ether oxygens (including phenoxy) is 1. The van der Waals surface area contributed by atoms with Crippen LogP contribution in [-0.4, -0.2) is 25.4 Å². The summed E-state index contributed by atoms with van der Waals surface area (Å²) >= 11 is 5.33. The quantitative estimate of drug-likeness (QED) is 0.830. The van der Waals surface area contributed by atoms with Crippen LogP contribution in [0.4, 0.5) is 0 Å². The zero-order valence-corrected chi connectivity index (χ0v) is 12.9. The van der Waals surface area contributed by atoms with Crippen LogP contribution in [0.15, 0.2) is 45.5 Å². The van der Waals surface area contributed by atoms with Crippen molar-refractivity contribution in [2.45, 2.75) is 23.8 Å². The highest BCUT2D eigenvalue weighted by molar-refractivity contribution is 9.10. The summed E-state index contributed by atoms with van der Waals surface area (Å²) in [4.78, 5) is 1.30. The van der Waals surface area contributed by atoms with Crippen LogP contribution >= 0.6 is 27.7 Å². The van der Waals surface area contributed by atoms with Gasteiger partial charge in [0.15, 0.2) is 0 Å². The van der Waals surface area contributed by atoms with Gasteiger partial charge in [0.1, 0.15) is 0 Å². The molecule has 0 aliphatic carbocycles. The van der Waals surface area contributed by atoms with Crippen LogP contribution in [0.2, 0.25) is 0 Å². The molecule has 4 heteroatoms. The van der Waals surface area contributed by atoms with E-state index in [-0.39, 0.29) is 0 Å². The van der Waals surface area contributed by atoms with Gasteiger partial charge in [-0.3, -0.25) is 0 Å².